The van der Waals surface area contributed by atoms with Crippen LogP contribution in [0, 0.1) is 67.0 Å². The normalized spacial score (nSPS) is 18.8. The first-order chi connectivity index (χ1) is 45.0. The SMILES string of the molecule is C/C(=C\C(C)(C)CC(C)(C)C)CC(CCNCC(C)O)C(=O)O.C/C(=C\C(C)(C)CC(C)(C)C)CC1CC(=O)N(CCNCCNCCN)C1=O.C/C(=C\C(C)(C)CC(C)(C)C)CC1CC(=O)N(c2ccc(O)c(C(=O)O)c2)C1=O.C/C(=C\C(C)(C)CC(C)(C)C)CC1CC(=O)OC1=O. The van der Waals surface area contributed by atoms with Gasteiger partial charge in [-0.3, -0.25) is 43.4 Å². The van der Waals surface area contributed by atoms with Gasteiger partial charge in [-0.1, -0.05) is 185 Å². The van der Waals surface area contributed by atoms with E-state index in [9.17, 15) is 53.7 Å². The van der Waals surface area contributed by atoms with E-state index in [1.807, 2.05) is 20.8 Å². The molecule has 0 aromatic heterocycles. The first-order valence-electron chi connectivity index (χ1n) is 35.9. The molecular formula is C80H136N6O13. The predicted octanol–water partition coefficient (Wildman–Crippen LogP) is 14.8. The highest BCUT2D eigenvalue weighted by atomic mass is 16.6. The number of imide groups is 2. The van der Waals surface area contributed by atoms with Crippen LogP contribution in [0.5, 0.6) is 5.75 Å². The minimum Gasteiger partial charge on any atom is -0.507 e. The summed E-state index contributed by atoms with van der Waals surface area (Å²) >= 11 is 0. The molecule has 5 atom stereocenters. The van der Waals surface area contributed by atoms with Crippen LogP contribution in [0.25, 0.3) is 0 Å². The summed E-state index contributed by atoms with van der Waals surface area (Å²) < 4.78 is 4.58. The first-order valence-corrected chi connectivity index (χ1v) is 35.9. The maximum atomic E-state index is 12.9. The van der Waals surface area contributed by atoms with Crippen LogP contribution in [-0.2, 0) is 38.3 Å². The van der Waals surface area contributed by atoms with Crippen LogP contribution in [0.4, 0.5) is 5.69 Å². The van der Waals surface area contributed by atoms with E-state index in [1.165, 1.54) is 22.6 Å². The van der Waals surface area contributed by atoms with Gasteiger partial charge >= 0.3 is 23.9 Å². The fraction of sp³-hybridized carbons (Fsp3) is 0.725. The topological polar surface area (TPSA) is 295 Å². The number of aromatic carboxylic acids is 1. The van der Waals surface area contributed by atoms with E-state index in [4.69, 9.17) is 10.8 Å². The van der Waals surface area contributed by atoms with Crippen molar-refractivity contribution < 1.29 is 63.5 Å². The molecule has 0 bridgehead atoms. The van der Waals surface area contributed by atoms with Crippen LogP contribution in [0.15, 0.2) is 64.8 Å². The lowest BCUT2D eigenvalue weighted by Crippen LogP contribution is -2.38. The van der Waals surface area contributed by atoms with Gasteiger partial charge in [0.05, 0.1) is 41.9 Å². The van der Waals surface area contributed by atoms with Gasteiger partial charge in [0.1, 0.15) is 11.3 Å². The lowest BCUT2D eigenvalue weighted by molar-refractivity contribution is -0.153. The number of aliphatic carboxylic acids is 1. The molecule has 0 spiro atoms. The summed E-state index contributed by atoms with van der Waals surface area (Å²) in [7, 11) is 0. The molecule has 9 N–H and O–H groups in total. The molecule has 4 amide bonds. The molecule has 19 heteroatoms. The van der Waals surface area contributed by atoms with Crippen molar-refractivity contribution in [2.24, 2.45) is 72.7 Å². The van der Waals surface area contributed by atoms with Gasteiger partial charge in [-0.2, -0.15) is 0 Å². The Labute approximate surface area is 597 Å². The molecule has 99 heavy (non-hydrogen) atoms. The second-order valence-corrected chi connectivity index (χ2v) is 36.3. The fourth-order valence-electron chi connectivity index (χ4n) is 15.5. The molecule has 3 aliphatic heterocycles. The number of aromatic hydroxyl groups is 1. The molecule has 1 aromatic carbocycles. The Morgan fingerprint density at radius 3 is 1.37 bits per heavy atom. The van der Waals surface area contributed by atoms with E-state index >= 15 is 0 Å². The third kappa shape index (κ3) is 38.7. The van der Waals surface area contributed by atoms with Crippen LogP contribution in [0.1, 0.15) is 261 Å². The second kappa shape index (κ2) is 39.5. The van der Waals surface area contributed by atoms with E-state index in [2.05, 4.69) is 190 Å². The molecule has 5 unspecified atom stereocenters. The number of aliphatic hydroxyl groups is 1. The van der Waals surface area contributed by atoms with Gasteiger partial charge in [0.25, 0.3) is 0 Å². The van der Waals surface area contributed by atoms with Crippen LogP contribution in [0.2, 0.25) is 0 Å². The summed E-state index contributed by atoms with van der Waals surface area (Å²) in [6.45, 7) is 59.4. The molecule has 564 valence electrons. The number of cyclic esters (lactones) is 2. The third-order valence-corrected chi connectivity index (χ3v) is 16.5. The Balaban J connectivity index is 0.000000668. The molecule has 3 heterocycles. The Bertz CT molecular complexity index is 2970. The number of nitrogens with one attached hydrogen (secondary N) is 3. The van der Waals surface area contributed by atoms with Gasteiger partial charge in [-0.05, 0) is 160 Å². The number of nitrogens with two attached hydrogens (primary N) is 1. The lowest BCUT2D eigenvalue weighted by atomic mass is 9.75. The molecule has 3 aliphatic rings. The standard InChI is InChI=1S/C23H31NO5.C22H42N4O2.C19H37NO3.C16H26O3/c1-14(12-23(5,6)13-22(2,3)4)9-15-10-19(26)24(20(15)27)16-7-8-18(25)17(11-16)21(28)29;1-17(15-22(5,6)16-21(2,3)4)13-18-14-19(27)26(20(18)28)12-11-25-10-9-24-8-7-23;1-14(11-19(6,7)13-18(3,4)5)10-16(17(22)23)8-9-20-12-15(2)21;1-11(7-12-8-13(17)19-14(12)18)9-16(5,6)10-15(2,3)4/h7-8,11-12,15,25H,9-10,13H2,1-6H3,(H,28,29);15,18,24-25H,7-14,16,23H2,1-6H3;11,15-16,20-21H,8-10,12-13H2,1-7H3,(H,22,23);9,12H,7-8,10H2,1-6H3/b14-12+;17-15+;14-11+;11-9+. The number of carboxylic acid groups (broad SMARTS) is 2. The first kappa shape index (κ1) is 91.2. The van der Waals surface area contributed by atoms with E-state index in [-0.39, 0.29) is 115 Å². The van der Waals surface area contributed by atoms with Crippen molar-refractivity contribution in [3.63, 3.8) is 0 Å². The predicted molar refractivity (Wildman–Crippen MR) is 400 cm³/mol. The van der Waals surface area contributed by atoms with Crippen molar-refractivity contribution in [3.8, 4) is 5.75 Å². The molecule has 0 saturated carbocycles. The smallest absolute Gasteiger partial charge is 0.339 e. The highest BCUT2D eigenvalue weighted by molar-refractivity contribution is 6.21. The van der Waals surface area contributed by atoms with Gasteiger partial charge < -0.3 is 46.8 Å². The molecular weight excluding hydrogens is 1250 g/mol. The van der Waals surface area contributed by atoms with Gasteiger partial charge in [0.15, 0.2) is 0 Å². The molecule has 4 rings (SSSR count). The van der Waals surface area contributed by atoms with Crippen molar-refractivity contribution in [1.29, 1.82) is 0 Å². The maximum Gasteiger partial charge on any atom is 0.339 e. The highest BCUT2D eigenvalue weighted by Gasteiger charge is 2.41. The number of hydrogen-bond acceptors (Lipinski definition) is 15. The number of likely N-dealkylation sites (tertiary alicyclic amines) is 1. The zero-order valence-corrected chi connectivity index (χ0v) is 66.0. The number of benzene rings is 1. The summed E-state index contributed by atoms with van der Waals surface area (Å²) in [5.41, 5.74) is 11.0. The highest BCUT2D eigenvalue weighted by Crippen LogP contribution is 2.41. The van der Waals surface area contributed by atoms with Gasteiger partial charge in [-0.15, -0.1) is 0 Å². The number of aliphatic hydroxyl groups excluding tert-OH is 1. The van der Waals surface area contributed by atoms with Crippen molar-refractivity contribution in [1.82, 2.24) is 20.9 Å². The van der Waals surface area contributed by atoms with E-state index in [0.717, 1.165) is 73.0 Å². The number of nitrogens with zero attached hydrogens (tertiary/aromatic N) is 2. The summed E-state index contributed by atoms with van der Waals surface area (Å²) in [5, 5.41) is 47.0. The van der Waals surface area contributed by atoms with Gasteiger partial charge in [0.2, 0.25) is 23.6 Å². The van der Waals surface area contributed by atoms with Gasteiger partial charge in [-0.25, -0.2) is 4.79 Å². The number of allylic oxidation sites excluding steroid dienone is 8. The van der Waals surface area contributed by atoms with Crippen molar-refractivity contribution >= 4 is 53.2 Å². The van der Waals surface area contributed by atoms with Crippen molar-refractivity contribution in [2.45, 2.75) is 256 Å². The third-order valence-electron chi connectivity index (χ3n) is 16.5. The average Bonchev–Trinajstić information content (AvgIpc) is 1.68. The van der Waals surface area contributed by atoms with E-state index < -0.39 is 35.7 Å². The molecule has 3 saturated heterocycles. The number of phenols is 1. The molecule has 1 aromatic rings. The number of esters is 2. The molecule has 0 radical (unpaired) electrons. The Morgan fingerprint density at radius 2 is 0.980 bits per heavy atom. The van der Waals surface area contributed by atoms with Gasteiger partial charge in [0, 0.05) is 58.7 Å². The number of carbonyl (C=O) groups excluding carboxylic acids is 6. The maximum absolute atomic E-state index is 12.9. The number of ether oxygens (including phenoxy) is 1. The number of carboxylic acids is 2. The monoisotopic (exact) mass is 1390 g/mol. The minimum absolute atomic E-state index is 0.0190. The zero-order chi connectivity index (χ0) is 76.6. The number of hydrogen-bond donors (Lipinski definition) is 8. The molecule has 0 aliphatic carbocycles. The van der Waals surface area contributed by atoms with E-state index in [1.54, 1.807) is 6.92 Å². The Morgan fingerprint density at radius 1 is 0.566 bits per heavy atom. The van der Waals surface area contributed by atoms with Crippen molar-refractivity contribution in [3.05, 3.63) is 70.4 Å². The molecule has 19 nitrogen and oxygen atoms in total. The zero-order valence-electron chi connectivity index (χ0n) is 66.0. The largest absolute Gasteiger partial charge is 0.507 e. The quantitative estimate of drug-likeness (QED) is 0.0109. The molecule has 3 fully saturated rings. The van der Waals surface area contributed by atoms with E-state index in [0.29, 0.717) is 71.2 Å². The van der Waals surface area contributed by atoms with Crippen LogP contribution < -0.4 is 26.6 Å². The summed E-state index contributed by atoms with van der Waals surface area (Å²) in [4.78, 5) is 98.0. The average molecular weight is 1390 g/mol. The number of carbonyl (C=O) groups is 8. The van der Waals surface area contributed by atoms with Crippen LogP contribution in [-0.4, -0.2) is 131 Å². The van der Waals surface area contributed by atoms with Crippen LogP contribution >= 0.6 is 0 Å². The Hall–Kier alpha value is -5.86. The fourth-order valence-corrected chi connectivity index (χ4v) is 15.5. The summed E-state index contributed by atoms with van der Waals surface area (Å²) in [5.74, 6) is -5.32. The summed E-state index contributed by atoms with van der Waals surface area (Å²) in [6.07, 6.45) is 16.3. The number of anilines is 1. The van der Waals surface area contributed by atoms with Crippen molar-refractivity contribution in [2.75, 3.05) is 57.3 Å². The lowest BCUT2D eigenvalue weighted by Gasteiger charge is -2.30. The number of rotatable bonds is 32. The number of amides is 4. The Kier molecular flexibility index (Phi) is 36.4. The minimum atomic E-state index is -1.32. The summed E-state index contributed by atoms with van der Waals surface area (Å²) in [6, 6.07) is 3.73. The van der Waals surface area contributed by atoms with Crippen LogP contribution in [0.3, 0.4) is 0 Å². The second-order valence-electron chi connectivity index (χ2n) is 36.3.